The van der Waals surface area contributed by atoms with Crippen molar-refractivity contribution < 1.29 is 27.4 Å². The number of hydrogen-bond donors (Lipinski definition) is 2. The molecule has 11 heteroatoms. The third kappa shape index (κ3) is 5.01. The van der Waals surface area contributed by atoms with Crippen LogP contribution in [-0.2, 0) is 9.53 Å². The zero-order chi connectivity index (χ0) is 23.5. The van der Waals surface area contributed by atoms with Crippen LogP contribution in [0.2, 0.25) is 5.02 Å². The summed E-state index contributed by atoms with van der Waals surface area (Å²) in [6.07, 6.45) is 2.07. The molecule has 0 bridgehead atoms. The molecular weight excluding hydrogens is 461 g/mol. The van der Waals surface area contributed by atoms with E-state index in [4.69, 9.17) is 21.1 Å². The Morgan fingerprint density at radius 1 is 1.27 bits per heavy atom. The Bertz CT molecular complexity index is 1240. The quantitative estimate of drug-likeness (QED) is 0.361. The molecule has 4 rings (SSSR count). The highest BCUT2D eigenvalue weighted by Crippen LogP contribution is 2.35. The highest BCUT2D eigenvalue weighted by molar-refractivity contribution is 6.31. The third-order valence-electron chi connectivity index (χ3n) is 5.02. The third-order valence-corrected chi connectivity index (χ3v) is 5.36. The highest BCUT2D eigenvalue weighted by Gasteiger charge is 2.20. The van der Waals surface area contributed by atoms with Gasteiger partial charge in [-0.05, 0) is 24.6 Å². The van der Waals surface area contributed by atoms with Crippen LogP contribution in [0.1, 0.15) is 6.42 Å². The predicted octanol–water partition coefficient (Wildman–Crippen LogP) is 5.14. The lowest BCUT2D eigenvalue weighted by molar-refractivity contribution is -0.114. The van der Waals surface area contributed by atoms with E-state index in [1.807, 2.05) is 0 Å². The number of ether oxygens (including phenoxy) is 2. The standard InChI is InChI=1S/C22H18ClF3N4O3/c1-11(24)22(31)30-17-6-13-16(7-18(17)33-9-12-4-5-32-8-12)27-10-28-21(13)29-15-3-2-14(25)19(23)20(15)26/h2-3,6-7,10,12H,1,4-5,8-9H2,(H,30,31)(H,27,28,29)/t12-/m0/s1. The summed E-state index contributed by atoms with van der Waals surface area (Å²) in [7, 11) is 0. The van der Waals surface area contributed by atoms with Gasteiger partial charge >= 0.3 is 0 Å². The molecular formula is C22H18ClF3N4O3. The number of aromatic nitrogens is 2. The van der Waals surface area contributed by atoms with Crippen LogP contribution in [0.3, 0.4) is 0 Å². The van der Waals surface area contributed by atoms with E-state index in [0.29, 0.717) is 30.7 Å². The molecule has 2 aromatic carbocycles. The lowest BCUT2D eigenvalue weighted by Gasteiger charge is -2.17. The second-order valence-electron chi connectivity index (χ2n) is 7.34. The number of nitrogens with zero attached hydrogens (tertiary/aromatic N) is 2. The normalized spacial score (nSPS) is 15.5. The van der Waals surface area contributed by atoms with Crippen molar-refractivity contribution in [3.63, 3.8) is 0 Å². The van der Waals surface area contributed by atoms with Crippen molar-refractivity contribution in [2.45, 2.75) is 6.42 Å². The van der Waals surface area contributed by atoms with Crippen molar-refractivity contribution in [1.29, 1.82) is 0 Å². The van der Waals surface area contributed by atoms with E-state index in [9.17, 15) is 18.0 Å². The number of halogens is 4. The van der Waals surface area contributed by atoms with Crippen molar-refractivity contribution >= 4 is 45.6 Å². The van der Waals surface area contributed by atoms with Gasteiger partial charge in [0.15, 0.2) is 11.6 Å². The monoisotopic (exact) mass is 478 g/mol. The largest absolute Gasteiger partial charge is 0.491 e. The summed E-state index contributed by atoms with van der Waals surface area (Å²) in [5.74, 6) is -3.56. The van der Waals surface area contributed by atoms with Gasteiger partial charge in [-0.25, -0.2) is 23.1 Å². The smallest absolute Gasteiger partial charge is 0.283 e. The van der Waals surface area contributed by atoms with E-state index < -0.39 is 28.4 Å². The topological polar surface area (TPSA) is 85.4 Å². The zero-order valence-electron chi connectivity index (χ0n) is 17.1. The number of fused-ring (bicyclic) bond motifs is 1. The minimum absolute atomic E-state index is 0.120. The maximum atomic E-state index is 14.4. The number of amides is 1. The first kappa shape index (κ1) is 22.8. The number of nitrogens with one attached hydrogen (secondary N) is 2. The van der Waals surface area contributed by atoms with E-state index >= 15 is 0 Å². The molecule has 0 radical (unpaired) electrons. The van der Waals surface area contributed by atoms with Crippen LogP contribution < -0.4 is 15.4 Å². The summed E-state index contributed by atoms with van der Waals surface area (Å²) in [6.45, 7) is 4.51. The molecule has 2 heterocycles. The molecule has 0 saturated carbocycles. The van der Waals surface area contributed by atoms with Gasteiger partial charge in [-0.15, -0.1) is 0 Å². The van der Waals surface area contributed by atoms with Crippen molar-refractivity contribution in [3.05, 3.63) is 59.7 Å². The number of hydrogen-bond acceptors (Lipinski definition) is 6. The first-order chi connectivity index (χ1) is 15.8. The number of carbonyl (C=O) groups is 1. The average Bonchev–Trinajstić information content (AvgIpc) is 3.32. The second-order valence-corrected chi connectivity index (χ2v) is 7.71. The summed E-state index contributed by atoms with van der Waals surface area (Å²) >= 11 is 5.65. The number of anilines is 3. The van der Waals surface area contributed by atoms with Gasteiger partial charge in [0.25, 0.3) is 5.91 Å². The molecule has 1 aromatic heterocycles. The van der Waals surface area contributed by atoms with Crippen LogP contribution in [0.5, 0.6) is 5.75 Å². The highest BCUT2D eigenvalue weighted by atomic mass is 35.5. The Kier molecular flexibility index (Phi) is 6.66. The van der Waals surface area contributed by atoms with Crippen molar-refractivity contribution in [2.75, 3.05) is 30.5 Å². The fraction of sp³-hybridized carbons (Fsp3) is 0.227. The van der Waals surface area contributed by atoms with E-state index in [0.717, 1.165) is 12.5 Å². The van der Waals surface area contributed by atoms with Crippen molar-refractivity contribution in [1.82, 2.24) is 9.97 Å². The van der Waals surface area contributed by atoms with Crippen LogP contribution in [0.15, 0.2) is 43.0 Å². The molecule has 0 spiro atoms. The minimum atomic E-state index is -1.18. The summed E-state index contributed by atoms with van der Waals surface area (Å²) in [5.41, 5.74) is 0.419. The average molecular weight is 479 g/mol. The van der Waals surface area contributed by atoms with Gasteiger partial charge in [-0.1, -0.05) is 18.2 Å². The second kappa shape index (κ2) is 9.63. The number of rotatable bonds is 7. The van der Waals surface area contributed by atoms with Gasteiger partial charge in [0, 0.05) is 24.0 Å². The Morgan fingerprint density at radius 3 is 2.82 bits per heavy atom. The van der Waals surface area contributed by atoms with Gasteiger partial charge < -0.3 is 20.1 Å². The van der Waals surface area contributed by atoms with Gasteiger partial charge in [0.05, 0.1) is 30.1 Å². The summed E-state index contributed by atoms with van der Waals surface area (Å²) in [5, 5.41) is 4.83. The Hall–Kier alpha value is -3.37. The van der Waals surface area contributed by atoms with Gasteiger partial charge in [-0.3, -0.25) is 4.79 Å². The molecule has 1 atom stereocenters. The Morgan fingerprint density at radius 2 is 2.09 bits per heavy atom. The SMILES string of the molecule is C=C(F)C(=O)Nc1cc2c(Nc3ccc(F)c(Cl)c3F)ncnc2cc1OC[C@H]1CCOC1. The maximum Gasteiger partial charge on any atom is 0.283 e. The Labute approximate surface area is 191 Å². The summed E-state index contributed by atoms with van der Waals surface area (Å²) in [4.78, 5) is 20.2. The van der Waals surface area contributed by atoms with Crippen LogP contribution >= 0.6 is 11.6 Å². The summed E-state index contributed by atoms with van der Waals surface area (Å²) < 4.78 is 52.4. The lowest BCUT2D eigenvalue weighted by Crippen LogP contribution is -2.15. The molecule has 2 N–H and O–H groups in total. The molecule has 172 valence electrons. The van der Waals surface area contributed by atoms with E-state index in [-0.39, 0.29) is 28.9 Å². The summed E-state index contributed by atoms with van der Waals surface area (Å²) in [6, 6.07) is 5.18. The van der Waals surface area contributed by atoms with Crippen LogP contribution in [-0.4, -0.2) is 35.7 Å². The van der Waals surface area contributed by atoms with Crippen LogP contribution in [0.25, 0.3) is 10.9 Å². The van der Waals surface area contributed by atoms with Gasteiger partial charge in [-0.2, -0.15) is 0 Å². The van der Waals surface area contributed by atoms with E-state index in [1.54, 1.807) is 6.07 Å². The number of carbonyl (C=O) groups excluding carboxylic acids is 1. The predicted molar refractivity (Wildman–Crippen MR) is 117 cm³/mol. The van der Waals surface area contributed by atoms with E-state index in [1.165, 1.54) is 18.5 Å². The molecule has 0 aliphatic carbocycles. The molecule has 33 heavy (non-hydrogen) atoms. The molecule has 0 unspecified atom stereocenters. The molecule has 1 amide bonds. The van der Waals surface area contributed by atoms with Crippen LogP contribution in [0.4, 0.5) is 30.4 Å². The molecule has 7 nitrogen and oxygen atoms in total. The maximum absolute atomic E-state index is 14.4. The van der Waals surface area contributed by atoms with Gasteiger partial charge in [0.1, 0.15) is 28.7 Å². The Balaban J connectivity index is 1.72. The molecule has 1 fully saturated rings. The fourth-order valence-corrected chi connectivity index (χ4v) is 3.43. The fourth-order valence-electron chi connectivity index (χ4n) is 3.26. The van der Waals surface area contributed by atoms with Crippen LogP contribution in [0, 0.1) is 17.6 Å². The molecule has 1 aliphatic rings. The van der Waals surface area contributed by atoms with Crippen molar-refractivity contribution in [3.8, 4) is 5.75 Å². The van der Waals surface area contributed by atoms with Gasteiger partial charge in [0.2, 0.25) is 0 Å². The molecule has 3 aromatic rings. The first-order valence-corrected chi connectivity index (χ1v) is 10.3. The zero-order valence-corrected chi connectivity index (χ0v) is 17.9. The van der Waals surface area contributed by atoms with E-state index in [2.05, 4.69) is 27.2 Å². The first-order valence-electron chi connectivity index (χ1n) is 9.89. The molecule has 1 aliphatic heterocycles. The minimum Gasteiger partial charge on any atom is -0.491 e. The lowest BCUT2D eigenvalue weighted by atomic mass is 10.1. The molecule has 1 saturated heterocycles. The van der Waals surface area contributed by atoms with Crippen molar-refractivity contribution in [2.24, 2.45) is 5.92 Å². The number of benzene rings is 2.